The normalized spacial score (nSPS) is 12.2. The first-order valence-electron chi connectivity index (χ1n) is 37.9. The van der Waals surface area contributed by atoms with Crippen molar-refractivity contribution in [3.63, 3.8) is 0 Å². The molecule has 0 spiro atoms. The first-order chi connectivity index (χ1) is 53.8. The summed E-state index contributed by atoms with van der Waals surface area (Å²) in [4.78, 5) is 0. The van der Waals surface area contributed by atoms with E-state index < -0.39 is 0 Å². The predicted molar refractivity (Wildman–Crippen MR) is 467 cm³/mol. The van der Waals surface area contributed by atoms with Crippen LogP contribution in [0.15, 0.2) is 413 Å². The predicted octanol–water partition coefficient (Wildman–Crippen LogP) is 28.4. The summed E-state index contributed by atoms with van der Waals surface area (Å²) in [6, 6.07) is 146. The molecule has 2 aliphatic rings. The standard InChI is InChI=1S/C37H27N.C27H23N.C22H23N.C19H17NO/c1-4-12-27(13-5-1)28-20-22-31(23-21-28)38-32-24-25-34-33-18-10-11-19-35(33)37(36(34)26-32,29-14-6-2-7-15-29)30-16-8-3-9-17-30;1-27(2)25-11-7-6-10-23(25)24-17-16-22(18-26(24)27)28-21-14-12-20(13-15-21)19-8-4-3-5-9-19;1-22(2,3)19-11-15-21(16-12-19)23-20-13-9-18(10-14-20)17-7-5-4-6-8-17;1-21-19-13-11-18(12-14-19)20-17-9-7-16(8-10-17)15-5-3-2-4-6-15/h1-26,38H;3-18,28H,1-2H3;4-16,23H,1-3H3;2-14,20H,1H3. The molecule has 4 N–H and O–H groups in total. The van der Waals surface area contributed by atoms with Gasteiger partial charge in [-0.2, -0.15) is 0 Å². The van der Waals surface area contributed by atoms with Crippen LogP contribution in [-0.4, -0.2) is 7.11 Å². The Balaban J connectivity index is 0.000000120. The molecule has 0 heterocycles. The molecule has 0 atom stereocenters. The third-order valence-corrected chi connectivity index (χ3v) is 21.0. The molecule has 0 amide bonds. The van der Waals surface area contributed by atoms with Crippen molar-refractivity contribution in [3.05, 3.63) is 451 Å². The van der Waals surface area contributed by atoms with Crippen LogP contribution in [0, 0.1) is 0 Å². The first-order valence-corrected chi connectivity index (χ1v) is 37.9. The molecule has 0 bridgehead atoms. The second-order valence-corrected chi connectivity index (χ2v) is 29.5. The van der Waals surface area contributed by atoms with Gasteiger partial charge in [-0.25, -0.2) is 0 Å². The van der Waals surface area contributed by atoms with Crippen LogP contribution in [0.3, 0.4) is 0 Å². The van der Waals surface area contributed by atoms with E-state index in [9.17, 15) is 0 Å². The van der Waals surface area contributed by atoms with Gasteiger partial charge in [0.15, 0.2) is 0 Å². The number of ether oxygens (including phenoxy) is 1. The number of methoxy groups -OCH3 is 1. The molecule has 0 fully saturated rings. The zero-order valence-electron chi connectivity index (χ0n) is 63.2. The smallest absolute Gasteiger partial charge is 0.119 e. The van der Waals surface area contributed by atoms with Crippen molar-refractivity contribution >= 4 is 45.5 Å². The first kappa shape index (κ1) is 72.1. The van der Waals surface area contributed by atoms with Gasteiger partial charge in [-0.15, -0.1) is 0 Å². The molecule has 5 heteroatoms. The number of hydrogen-bond donors (Lipinski definition) is 4. The van der Waals surface area contributed by atoms with Crippen LogP contribution in [0.5, 0.6) is 5.75 Å². The largest absolute Gasteiger partial charge is 0.497 e. The van der Waals surface area contributed by atoms with E-state index in [1.807, 2.05) is 42.5 Å². The second kappa shape index (κ2) is 32.7. The van der Waals surface area contributed by atoms with Gasteiger partial charge in [0.1, 0.15) is 5.75 Å². The van der Waals surface area contributed by atoms with Gasteiger partial charge < -0.3 is 26.0 Å². The molecular weight excluding hydrogens is 1330 g/mol. The van der Waals surface area contributed by atoms with E-state index in [1.165, 1.54) is 106 Å². The van der Waals surface area contributed by atoms with Gasteiger partial charge in [-0.1, -0.05) is 338 Å². The van der Waals surface area contributed by atoms with Gasteiger partial charge in [0, 0.05) is 50.9 Å². The average molecular weight is 1420 g/mol. The van der Waals surface area contributed by atoms with E-state index in [4.69, 9.17) is 4.74 Å². The Morgan fingerprint density at radius 2 is 0.482 bits per heavy atom. The van der Waals surface area contributed by atoms with Crippen molar-refractivity contribution in [2.24, 2.45) is 0 Å². The van der Waals surface area contributed by atoms with Gasteiger partial charge in [0.2, 0.25) is 0 Å². The SMILES string of the molecule is CC(C)(C)c1ccc(Nc2ccc(-c3ccccc3)cc2)cc1.CC1(C)c2ccccc2-c2ccc(Nc3ccc(-c4ccccc4)cc3)cc21.COc1ccc(Nc2ccc(-c3ccccc3)cc2)cc1.c1ccc(-c2ccc(Nc3ccc4c(c3)C(c3ccccc3)(c3ccccc3)c3ccccc3-4)cc2)cc1. The third kappa shape index (κ3) is 16.1. The average Bonchev–Trinajstić information content (AvgIpc) is 1.54. The lowest BCUT2D eigenvalue weighted by atomic mass is 9.67. The molecule has 16 aromatic carbocycles. The lowest BCUT2D eigenvalue weighted by Crippen LogP contribution is -2.28. The zero-order chi connectivity index (χ0) is 75.3. The number of fused-ring (bicyclic) bond motifs is 6. The number of anilines is 8. The van der Waals surface area contributed by atoms with Gasteiger partial charge in [-0.3, -0.25) is 0 Å². The number of benzene rings is 16. The molecule has 0 aliphatic heterocycles. The molecule has 0 aromatic heterocycles. The van der Waals surface area contributed by atoms with Crippen LogP contribution in [0.2, 0.25) is 0 Å². The van der Waals surface area contributed by atoms with Crippen LogP contribution in [0.25, 0.3) is 66.8 Å². The maximum Gasteiger partial charge on any atom is 0.119 e. The monoisotopic (exact) mass is 1420 g/mol. The molecule has 2 aliphatic carbocycles. The Bertz CT molecular complexity index is 5630. The Hall–Kier alpha value is -13.5. The molecule has 16 aromatic rings. The van der Waals surface area contributed by atoms with E-state index in [0.29, 0.717) is 0 Å². The van der Waals surface area contributed by atoms with E-state index in [1.54, 1.807) is 7.11 Å². The van der Waals surface area contributed by atoms with Gasteiger partial charge >= 0.3 is 0 Å². The lowest BCUT2D eigenvalue weighted by molar-refractivity contribution is 0.415. The minimum absolute atomic E-state index is 0.0286. The molecule has 110 heavy (non-hydrogen) atoms. The maximum absolute atomic E-state index is 5.16. The minimum atomic E-state index is -0.386. The van der Waals surface area contributed by atoms with Crippen LogP contribution in [-0.2, 0) is 16.2 Å². The fraction of sp³-hybridized carbons (Fsp3) is 0.0857. The van der Waals surface area contributed by atoms with E-state index in [0.717, 1.165) is 51.2 Å². The summed E-state index contributed by atoms with van der Waals surface area (Å²) < 4.78 is 5.16. The van der Waals surface area contributed by atoms with E-state index in [-0.39, 0.29) is 16.2 Å². The quantitative estimate of drug-likeness (QED) is 0.0824. The number of rotatable bonds is 15. The van der Waals surface area contributed by atoms with Crippen LogP contribution >= 0.6 is 0 Å². The topological polar surface area (TPSA) is 57.4 Å². The number of nitrogens with one attached hydrogen (secondary N) is 4. The summed E-state index contributed by atoms with van der Waals surface area (Å²) >= 11 is 0. The van der Waals surface area contributed by atoms with E-state index >= 15 is 0 Å². The Morgan fingerprint density at radius 1 is 0.227 bits per heavy atom. The summed E-state index contributed by atoms with van der Waals surface area (Å²) in [7, 11) is 1.67. The minimum Gasteiger partial charge on any atom is -0.497 e. The van der Waals surface area contributed by atoms with E-state index in [2.05, 4.69) is 426 Å². The highest BCUT2D eigenvalue weighted by Gasteiger charge is 2.46. The Labute approximate surface area is 649 Å². The van der Waals surface area contributed by atoms with Crippen molar-refractivity contribution in [3.8, 4) is 72.5 Å². The highest BCUT2D eigenvalue weighted by Crippen LogP contribution is 2.57. The van der Waals surface area contributed by atoms with Crippen molar-refractivity contribution < 1.29 is 4.74 Å². The van der Waals surface area contributed by atoms with Crippen molar-refractivity contribution in [1.82, 2.24) is 0 Å². The van der Waals surface area contributed by atoms with Crippen LogP contribution in [0.1, 0.15) is 73.6 Å². The summed E-state index contributed by atoms with van der Waals surface area (Å²) in [6.45, 7) is 11.3. The molecule has 0 saturated heterocycles. The second-order valence-electron chi connectivity index (χ2n) is 29.5. The fourth-order valence-corrected chi connectivity index (χ4v) is 15.2. The number of hydrogen-bond acceptors (Lipinski definition) is 5. The zero-order valence-corrected chi connectivity index (χ0v) is 63.2. The molecule has 0 saturated carbocycles. The van der Waals surface area contributed by atoms with Gasteiger partial charge in [0.05, 0.1) is 12.5 Å². The van der Waals surface area contributed by atoms with Crippen molar-refractivity contribution in [2.75, 3.05) is 28.4 Å². The van der Waals surface area contributed by atoms with Crippen LogP contribution < -0.4 is 26.0 Å². The molecular formula is C105H90N4O. The lowest BCUT2D eigenvalue weighted by Gasteiger charge is -2.34. The maximum atomic E-state index is 5.16. The summed E-state index contributed by atoms with van der Waals surface area (Å²) in [5, 5.41) is 14.1. The van der Waals surface area contributed by atoms with Gasteiger partial charge in [0.25, 0.3) is 0 Å². The molecule has 0 unspecified atom stereocenters. The Kier molecular flexibility index (Phi) is 21.4. The third-order valence-electron chi connectivity index (χ3n) is 21.0. The molecule has 536 valence electrons. The summed E-state index contributed by atoms with van der Waals surface area (Å²) in [6.07, 6.45) is 0. The Morgan fingerprint density at radius 3 is 0.836 bits per heavy atom. The molecule has 0 radical (unpaired) electrons. The highest BCUT2D eigenvalue weighted by molar-refractivity contribution is 5.89. The summed E-state index contributed by atoms with van der Waals surface area (Å²) in [5.74, 6) is 0.861. The fourth-order valence-electron chi connectivity index (χ4n) is 15.2. The summed E-state index contributed by atoms with van der Waals surface area (Å²) in [5.41, 5.74) is 33.1. The van der Waals surface area contributed by atoms with Crippen LogP contribution in [0.4, 0.5) is 45.5 Å². The highest BCUT2D eigenvalue weighted by atomic mass is 16.5. The van der Waals surface area contributed by atoms with Crippen molar-refractivity contribution in [2.45, 2.75) is 50.9 Å². The van der Waals surface area contributed by atoms with Crippen molar-refractivity contribution in [1.29, 1.82) is 0 Å². The van der Waals surface area contributed by atoms with Gasteiger partial charge in [-0.05, 0) is 220 Å². The molecule has 18 rings (SSSR count). The molecule has 5 nitrogen and oxygen atoms in total.